The first-order valence-corrected chi connectivity index (χ1v) is 12.7. The third-order valence-electron chi connectivity index (χ3n) is 5.61. The van der Waals surface area contributed by atoms with Crippen LogP contribution in [0.15, 0.2) is 77.7 Å². The summed E-state index contributed by atoms with van der Waals surface area (Å²) in [5.41, 5.74) is 3.13. The Labute approximate surface area is 195 Å². The topological polar surface area (TPSA) is 66.5 Å². The van der Waals surface area contributed by atoms with E-state index in [4.69, 9.17) is 0 Å². The van der Waals surface area contributed by atoms with Gasteiger partial charge in [0.25, 0.3) is 0 Å². The highest BCUT2D eigenvalue weighted by Gasteiger charge is 2.27. The molecule has 3 aromatic carbocycles. The number of sulfone groups is 1. The molecule has 1 atom stereocenters. The highest BCUT2D eigenvalue weighted by Crippen LogP contribution is 2.29. The van der Waals surface area contributed by atoms with Crippen LogP contribution in [0.25, 0.3) is 0 Å². The first-order valence-electron chi connectivity index (χ1n) is 10.8. The molecule has 0 aliphatic carbocycles. The van der Waals surface area contributed by atoms with E-state index >= 15 is 0 Å². The van der Waals surface area contributed by atoms with E-state index in [0.29, 0.717) is 23.4 Å². The van der Waals surface area contributed by atoms with E-state index in [2.05, 4.69) is 5.32 Å². The molecule has 7 heteroatoms. The Morgan fingerprint density at radius 1 is 1.03 bits per heavy atom. The number of halogens is 1. The first-order chi connectivity index (χ1) is 15.7. The molecule has 0 saturated carbocycles. The summed E-state index contributed by atoms with van der Waals surface area (Å²) in [5, 5.41) is 2.76. The van der Waals surface area contributed by atoms with Crippen LogP contribution in [0.4, 0.5) is 10.1 Å². The Morgan fingerprint density at radius 3 is 2.27 bits per heavy atom. The molecule has 174 valence electrons. The zero-order valence-electron chi connectivity index (χ0n) is 19.1. The Bertz CT molecular complexity index is 1200. The van der Waals surface area contributed by atoms with E-state index in [1.807, 2.05) is 47.4 Å². The van der Waals surface area contributed by atoms with Gasteiger partial charge in [-0.15, -0.1) is 0 Å². The number of hydrogen-bond donors (Lipinski definition) is 1. The average Bonchev–Trinajstić information content (AvgIpc) is 2.80. The van der Waals surface area contributed by atoms with Crippen LogP contribution in [0.3, 0.4) is 0 Å². The Balaban J connectivity index is 1.88. The van der Waals surface area contributed by atoms with Crippen molar-refractivity contribution in [1.29, 1.82) is 0 Å². The van der Waals surface area contributed by atoms with Crippen LogP contribution in [0.5, 0.6) is 0 Å². The quantitative estimate of drug-likeness (QED) is 0.503. The maximum atomic E-state index is 14.0. The maximum absolute atomic E-state index is 14.0. The van der Waals surface area contributed by atoms with Crippen LogP contribution in [0.2, 0.25) is 0 Å². The number of rotatable bonds is 9. The predicted octanol–water partition coefficient (Wildman–Crippen LogP) is 4.46. The Kier molecular flexibility index (Phi) is 7.87. The number of carbonyl (C=O) groups excluding carboxylic acids is 1. The predicted molar refractivity (Wildman–Crippen MR) is 130 cm³/mol. The highest BCUT2D eigenvalue weighted by molar-refractivity contribution is 7.90. The van der Waals surface area contributed by atoms with Gasteiger partial charge in [0.1, 0.15) is 11.9 Å². The number of anilines is 1. The fourth-order valence-electron chi connectivity index (χ4n) is 3.82. The summed E-state index contributed by atoms with van der Waals surface area (Å²) in [7, 11) is -1.63. The number of benzene rings is 3. The van der Waals surface area contributed by atoms with Crippen LogP contribution in [-0.4, -0.2) is 34.2 Å². The summed E-state index contributed by atoms with van der Waals surface area (Å²) in [5.74, 6) is -0.443. The smallest absolute Gasteiger partial charge is 0.247 e. The average molecular weight is 469 g/mol. The Hall–Kier alpha value is -3.19. The lowest BCUT2D eigenvalue weighted by Crippen LogP contribution is -2.40. The van der Waals surface area contributed by atoms with Crippen LogP contribution in [0, 0.1) is 12.7 Å². The van der Waals surface area contributed by atoms with Gasteiger partial charge in [0.15, 0.2) is 9.84 Å². The molecule has 0 bridgehead atoms. The highest BCUT2D eigenvalue weighted by atomic mass is 32.2. The summed E-state index contributed by atoms with van der Waals surface area (Å²) in [4.78, 5) is 15.2. The molecule has 1 amide bonds. The van der Waals surface area contributed by atoms with Gasteiger partial charge in [-0.2, -0.15) is 0 Å². The van der Waals surface area contributed by atoms with Crippen molar-refractivity contribution in [2.45, 2.75) is 30.7 Å². The van der Waals surface area contributed by atoms with Gasteiger partial charge >= 0.3 is 0 Å². The third-order valence-corrected chi connectivity index (χ3v) is 6.74. The van der Waals surface area contributed by atoms with Gasteiger partial charge in [0.05, 0.1) is 4.90 Å². The normalized spacial score (nSPS) is 12.2. The maximum Gasteiger partial charge on any atom is 0.247 e. The summed E-state index contributed by atoms with van der Waals surface area (Å²) in [6, 6.07) is 20.7. The molecule has 0 radical (unpaired) electrons. The van der Waals surface area contributed by atoms with E-state index in [1.54, 1.807) is 38.2 Å². The van der Waals surface area contributed by atoms with Crippen molar-refractivity contribution in [2.24, 2.45) is 0 Å². The summed E-state index contributed by atoms with van der Waals surface area (Å²) in [6.07, 6.45) is 2.61. The van der Waals surface area contributed by atoms with Crippen LogP contribution in [-0.2, 0) is 21.1 Å². The molecule has 5 nitrogen and oxygen atoms in total. The molecule has 0 aliphatic rings. The summed E-state index contributed by atoms with van der Waals surface area (Å²) >= 11 is 0. The first kappa shape index (κ1) is 24.5. The minimum absolute atomic E-state index is 0.152. The SMILES string of the molecule is CNC(=O)C(c1ccccc1)N(CCCc1ccc(S(C)(=O)=O)cc1)c1ccc(F)c(C)c1. The molecule has 0 heterocycles. The van der Waals surface area contributed by atoms with Gasteiger partial charge < -0.3 is 10.2 Å². The Morgan fingerprint density at radius 2 is 1.70 bits per heavy atom. The molecule has 0 spiro atoms. The number of amides is 1. The monoisotopic (exact) mass is 468 g/mol. The summed E-state index contributed by atoms with van der Waals surface area (Å²) in [6.45, 7) is 2.25. The standard InChI is InChI=1S/C26H29FN2O3S/c1-19-18-22(13-16-24(19)27)29(25(26(30)28-2)21-9-5-4-6-10-21)17-7-8-20-11-14-23(15-12-20)33(3,31)32/h4-6,9-16,18,25H,7-8,17H2,1-3H3,(H,28,30). The number of nitrogens with one attached hydrogen (secondary N) is 1. The van der Waals surface area contributed by atoms with Crippen molar-refractivity contribution < 1.29 is 17.6 Å². The number of hydrogen-bond acceptors (Lipinski definition) is 4. The molecule has 0 aromatic heterocycles. The van der Waals surface area contributed by atoms with E-state index in [9.17, 15) is 17.6 Å². The molecule has 1 N–H and O–H groups in total. The second-order valence-corrected chi connectivity index (χ2v) is 10.1. The van der Waals surface area contributed by atoms with Gasteiger partial charge in [0.2, 0.25) is 5.91 Å². The molecule has 0 aliphatic heterocycles. The molecule has 0 saturated heterocycles. The molecular weight excluding hydrogens is 439 g/mol. The lowest BCUT2D eigenvalue weighted by Gasteiger charge is -2.33. The van der Waals surface area contributed by atoms with Gasteiger partial charge in [-0.1, -0.05) is 42.5 Å². The van der Waals surface area contributed by atoms with E-state index in [-0.39, 0.29) is 11.7 Å². The molecule has 3 rings (SSSR count). The van der Waals surface area contributed by atoms with Crippen molar-refractivity contribution in [3.63, 3.8) is 0 Å². The van der Waals surface area contributed by atoms with Crippen molar-refractivity contribution in [3.05, 3.63) is 95.3 Å². The van der Waals surface area contributed by atoms with Gasteiger partial charge in [-0.3, -0.25) is 4.79 Å². The summed E-state index contributed by atoms with van der Waals surface area (Å²) < 4.78 is 37.3. The second-order valence-electron chi connectivity index (χ2n) is 8.07. The lowest BCUT2D eigenvalue weighted by atomic mass is 10.0. The molecular formula is C26H29FN2O3S. The molecule has 33 heavy (non-hydrogen) atoms. The zero-order valence-corrected chi connectivity index (χ0v) is 19.9. The van der Waals surface area contributed by atoms with Crippen LogP contribution >= 0.6 is 0 Å². The number of likely N-dealkylation sites (N-methyl/N-ethyl adjacent to an activating group) is 1. The number of nitrogens with zero attached hydrogens (tertiary/aromatic N) is 1. The largest absolute Gasteiger partial charge is 0.357 e. The van der Waals surface area contributed by atoms with Crippen molar-refractivity contribution in [1.82, 2.24) is 5.32 Å². The number of aryl methyl sites for hydroxylation is 2. The van der Waals surface area contributed by atoms with Crippen molar-refractivity contribution >= 4 is 21.4 Å². The third kappa shape index (κ3) is 6.20. The second kappa shape index (κ2) is 10.6. The molecule has 1 unspecified atom stereocenters. The minimum Gasteiger partial charge on any atom is -0.357 e. The fourth-order valence-corrected chi connectivity index (χ4v) is 4.45. The minimum atomic E-state index is -3.23. The lowest BCUT2D eigenvalue weighted by molar-refractivity contribution is -0.122. The van der Waals surface area contributed by atoms with Gasteiger partial charge in [0, 0.05) is 25.5 Å². The zero-order chi connectivity index (χ0) is 24.0. The van der Waals surface area contributed by atoms with Gasteiger partial charge in [-0.05, 0) is 66.8 Å². The number of carbonyl (C=O) groups is 1. The molecule has 0 fully saturated rings. The van der Waals surface area contributed by atoms with E-state index in [0.717, 1.165) is 23.2 Å². The van der Waals surface area contributed by atoms with Crippen LogP contribution < -0.4 is 10.2 Å². The molecule has 3 aromatic rings. The van der Waals surface area contributed by atoms with E-state index in [1.165, 1.54) is 12.3 Å². The van der Waals surface area contributed by atoms with Crippen molar-refractivity contribution in [3.8, 4) is 0 Å². The van der Waals surface area contributed by atoms with Gasteiger partial charge in [-0.25, -0.2) is 12.8 Å². The fraction of sp³-hybridized carbons (Fsp3) is 0.269. The van der Waals surface area contributed by atoms with Crippen LogP contribution in [0.1, 0.15) is 29.2 Å². The van der Waals surface area contributed by atoms with Crippen molar-refractivity contribution in [2.75, 3.05) is 24.7 Å². The van der Waals surface area contributed by atoms with E-state index < -0.39 is 15.9 Å².